The van der Waals surface area contributed by atoms with Gasteiger partial charge in [-0.15, -0.1) is 0 Å². The molecule has 2 unspecified atom stereocenters. The quantitative estimate of drug-likeness (QED) is 0.802. The van der Waals surface area contributed by atoms with Gasteiger partial charge in [-0.25, -0.2) is 0 Å². The van der Waals surface area contributed by atoms with Gasteiger partial charge in [-0.3, -0.25) is 4.90 Å². The number of nitrogens with zero attached hydrogens (tertiary/aromatic N) is 2. The van der Waals surface area contributed by atoms with Crippen molar-refractivity contribution in [3.63, 3.8) is 0 Å². The largest absolute Gasteiger partial charge is 0.296 e. The normalized spacial score (nSPS) is 24.8. The monoisotopic (exact) mass is 248 g/mol. The predicted octanol–water partition coefficient (Wildman–Crippen LogP) is 3.44. The first-order valence-corrected chi connectivity index (χ1v) is 6.40. The Hall–Kier alpha value is -1.04. The summed E-state index contributed by atoms with van der Waals surface area (Å²) in [5.41, 5.74) is 1.74. The molecule has 0 aliphatic carbocycles. The first kappa shape index (κ1) is 12.4. The average molecular weight is 249 g/mol. The van der Waals surface area contributed by atoms with Crippen molar-refractivity contribution in [2.45, 2.75) is 32.9 Å². The highest BCUT2D eigenvalue weighted by Crippen LogP contribution is 2.27. The van der Waals surface area contributed by atoms with Crippen molar-refractivity contribution in [3.05, 3.63) is 34.3 Å². The van der Waals surface area contributed by atoms with Crippen LogP contribution < -0.4 is 0 Å². The minimum absolute atomic E-state index is 0.622. The van der Waals surface area contributed by atoms with Gasteiger partial charge in [0, 0.05) is 24.2 Å². The van der Waals surface area contributed by atoms with Gasteiger partial charge < -0.3 is 0 Å². The highest BCUT2D eigenvalue weighted by molar-refractivity contribution is 6.31. The molecule has 2 nitrogen and oxygen atoms in total. The number of halogens is 1. The molecule has 17 heavy (non-hydrogen) atoms. The van der Waals surface area contributed by atoms with Crippen molar-refractivity contribution in [1.29, 1.82) is 5.26 Å². The smallest absolute Gasteiger partial charge is 0.0992 e. The Bertz CT molecular complexity index is 450. The average Bonchev–Trinajstić information content (AvgIpc) is 2.60. The van der Waals surface area contributed by atoms with Gasteiger partial charge in [0.05, 0.1) is 11.6 Å². The third kappa shape index (κ3) is 2.80. The van der Waals surface area contributed by atoms with Crippen LogP contribution in [0.15, 0.2) is 18.2 Å². The van der Waals surface area contributed by atoms with E-state index in [9.17, 15) is 0 Å². The highest BCUT2D eigenvalue weighted by Gasteiger charge is 2.26. The second-order valence-electron chi connectivity index (χ2n) is 5.04. The summed E-state index contributed by atoms with van der Waals surface area (Å²) in [5, 5.41) is 9.50. The number of benzene rings is 1. The second kappa shape index (κ2) is 5.08. The van der Waals surface area contributed by atoms with E-state index in [0.29, 0.717) is 16.6 Å². The maximum absolute atomic E-state index is 8.79. The Morgan fingerprint density at radius 1 is 1.47 bits per heavy atom. The minimum atomic E-state index is 0.622. The molecule has 2 rings (SSSR count). The van der Waals surface area contributed by atoms with Gasteiger partial charge in [-0.2, -0.15) is 5.26 Å². The second-order valence-corrected chi connectivity index (χ2v) is 5.44. The fourth-order valence-corrected chi connectivity index (χ4v) is 2.81. The van der Waals surface area contributed by atoms with E-state index in [4.69, 9.17) is 16.9 Å². The molecule has 1 aromatic carbocycles. The molecule has 0 saturated carbocycles. The van der Waals surface area contributed by atoms with E-state index in [1.165, 1.54) is 6.42 Å². The Balaban J connectivity index is 2.12. The van der Waals surface area contributed by atoms with E-state index in [-0.39, 0.29) is 0 Å². The van der Waals surface area contributed by atoms with Crippen molar-refractivity contribution in [1.82, 2.24) is 4.90 Å². The molecule has 2 atom stereocenters. The van der Waals surface area contributed by atoms with Crippen LogP contribution in [-0.2, 0) is 6.54 Å². The summed E-state index contributed by atoms with van der Waals surface area (Å²) in [6, 6.07) is 8.29. The van der Waals surface area contributed by atoms with E-state index in [2.05, 4.69) is 24.8 Å². The minimum Gasteiger partial charge on any atom is -0.296 e. The van der Waals surface area contributed by atoms with Crippen molar-refractivity contribution in [3.8, 4) is 6.07 Å². The molecule has 3 heteroatoms. The fraction of sp³-hybridized carbons (Fsp3) is 0.500. The maximum atomic E-state index is 8.79. The number of hydrogen-bond donors (Lipinski definition) is 0. The first-order valence-electron chi connectivity index (χ1n) is 6.02. The molecule has 1 aromatic rings. The molecule has 1 aliphatic rings. The molecule has 1 fully saturated rings. The predicted molar refractivity (Wildman–Crippen MR) is 69.8 cm³/mol. The highest BCUT2D eigenvalue weighted by atomic mass is 35.5. The van der Waals surface area contributed by atoms with Crippen molar-refractivity contribution >= 4 is 11.6 Å². The van der Waals surface area contributed by atoms with Crippen LogP contribution >= 0.6 is 11.6 Å². The van der Waals surface area contributed by atoms with Gasteiger partial charge in [0.15, 0.2) is 0 Å². The maximum Gasteiger partial charge on any atom is 0.0992 e. The fourth-order valence-electron chi connectivity index (χ4n) is 2.57. The van der Waals surface area contributed by atoms with Crippen LogP contribution in [0.4, 0.5) is 0 Å². The molecule has 90 valence electrons. The van der Waals surface area contributed by atoms with Crippen LogP contribution in [0.2, 0.25) is 5.02 Å². The lowest BCUT2D eigenvalue weighted by molar-refractivity contribution is 0.256. The van der Waals surface area contributed by atoms with Gasteiger partial charge in [0.2, 0.25) is 0 Å². The van der Waals surface area contributed by atoms with E-state index in [1.807, 2.05) is 12.1 Å². The standard InChI is InChI=1S/C14H17ClN2/c1-10-5-11(2)17(8-10)9-13-4-3-12(7-16)6-14(13)15/h3-4,6,10-11H,5,8-9H2,1-2H3. The summed E-state index contributed by atoms with van der Waals surface area (Å²) < 4.78 is 0. The van der Waals surface area contributed by atoms with Crippen molar-refractivity contribution in [2.75, 3.05) is 6.54 Å². The third-order valence-corrected chi connectivity index (χ3v) is 3.82. The van der Waals surface area contributed by atoms with E-state index < -0.39 is 0 Å². The van der Waals surface area contributed by atoms with Crippen LogP contribution in [-0.4, -0.2) is 17.5 Å². The lowest BCUT2D eigenvalue weighted by atomic mass is 10.1. The molecule has 1 heterocycles. The molecule has 0 bridgehead atoms. The van der Waals surface area contributed by atoms with Gasteiger partial charge >= 0.3 is 0 Å². The third-order valence-electron chi connectivity index (χ3n) is 3.47. The van der Waals surface area contributed by atoms with Crippen molar-refractivity contribution in [2.24, 2.45) is 5.92 Å². The summed E-state index contributed by atoms with van der Waals surface area (Å²) in [6.07, 6.45) is 1.26. The summed E-state index contributed by atoms with van der Waals surface area (Å²) in [7, 11) is 0. The van der Waals surface area contributed by atoms with Gasteiger partial charge in [0.1, 0.15) is 0 Å². The molecule has 1 aliphatic heterocycles. The van der Waals surface area contributed by atoms with E-state index in [0.717, 1.165) is 24.6 Å². The van der Waals surface area contributed by atoms with Crippen LogP contribution in [0, 0.1) is 17.2 Å². The number of hydrogen-bond acceptors (Lipinski definition) is 2. The van der Waals surface area contributed by atoms with Gasteiger partial charge in [-0.05, 0) is 37.0 Å². The number of nitriles is 1. The van der Waals surface area contributed by atoms with Gasteiger partial charge in [-0.1, -0.05) is 24.6 Å². The summed E-state index contributed by atoms with van der Waals surface area (Å²) >= 11 is 6.19. The van der Waals surface area contributed by atoms with Crippen molar-refractivity contribution < 1.29 is 0 Å². The molecule has 0 aromatic heterocycles. The summed E-state index contributed by atoms with van der Waals surface area (Å²) in [6.45, 7) is 6.57. The lowest BCUT2D eigenvalue weighted by Gasteiger charge is -2.21. The van der Waals surface area contributed by atoms with Crippen LogP contribution in [0.5, 0.6) is 0 Å². The SMILES string of the molecule is CC1CC(C)N(Cc2ccc(C#N)cc2Cl)C1. The van der Waals surface area contributed by atoms with E-state index >= 15 is 0 Å². The molecule has 0 amide bonds. The summed E-state index contributed by atoms with van der Waals surface area (Å²) in [4.78, 5) is 2.46. The number of likely N-dealkylation sites (tertiary alicyclic amines) is 1. The van der Waals surface area contributed by atoms with Gasteiger partial charge in [0.25, 0.3) is 0 Å². The zero-order valence-electron chi connectivity index (χ0n) is 10.3. The first-order chi connectivity index (χ1) is 8.10. The number of rotatable bonds is 2. The Morgan fingerprint density at radius 3 is 2.76 bits per heavy atom. The van der Waals surface area contributed by atoms with Crippen LogP contribution in [0.3, 0.4) is 0 Å². The molecular weight excluding hydrogens is 232 g/mol. The van der Waals surface area contributed by atoms with E-state index in [1.54, 1.807) is 6.07 Å². The van der Waals surface area contributed by atoms with Crippen LogP contribution in [0.1, 0.15) is 31.4 Å². The Labute approximate surface area is 108 Å². The van der Waals surface area contributed by atoms with Crippen LogP contribution in [0.25, 0.3) is 0 Å². The molecule has 0 radical (unpaired) electrons. The topological polar surface area (TPSA) is 27.0 Å². The Morgan fingerprint density at radius 2 is 2.24 bits per heavy atom. The summed E-state index contributed by atoms with van der Waals surface area (Å²) in [5.74, 6) is 0.766. The zero-order valence-corrected chi connectivity index (χ0v) is 11.0. The molecular formula is C14H17ClN2. The Kier molecular flexibility index (Phi) is 3.71. The molecule has 1 saturated heterocycles. The lowest BCUT2D eigenvalue weighted by Crippen LogP contribution is -2.26. The molecule has 0 spiro atoms. The molecule has 0 N–H and O–H groups in total. The zero-order chi connectivity index (χ0) is 12.4.